The number of nitrogens with zero attached hydrogens (tertiary/aromatic N) is 2. The first-order chi connectivity index (χ1) is 13.4. The van der Waals surface area contributed by atoms with Crippen molar-refractivity contribution in [3.63, 3.8) is 0 Å². The molecule has 7 heteroatoms. The van der Waals surface area contributed by atoms with Crippen LogP contribution in [0.2, 0.25) is 0 Å². The molecule has 1 aromatic heterocycles. The Morgan fingerprint density at radius 1 is 1.29 bits per heavy atom. The molecular weight excluding hydrogens is 376 g/mol. The Bertz CT molecular complexity index is 874. The Kier molecular flexibility index (Phi) is 4.89. The molecule has 6 nitrogen and oxygen atoms in total. The number of carbonyl (C=O) groups excluding carboxylic acids is 2. The van der Waals surface area contributed by atoms with Crippen molar-refractivity contribution in [2.45, 2.75) is 42.7 Å². The number of hydrogen-bond donors (Lipinski definition) is 1. The van der Waals surface area contributed by atoms with Crippen molar-refractivity contribution in [2.24, 2.45) is 5.92 Å². The Labute approximate surface area is 167 Å². The number of aliphatic hydroxyl groups excluding tert-OH is 1. The van der Waals surface area contributed by atoms with Crippen LogP contribution in [-0.4, -0.2) is 43.0 Å². The molecule has 2 aromatic rings. The van der Waals surface area contributed by atoms with Crippen molar-refractivity contribution >= 4 is 23.6 Å². The van der Waals surface area contributed by atoms with E-state index in [0.717, 1.165) is 5.56 Å². The van der Waals surface area contributed by atoms with Crippen molar-refractivity contribution in [3.8, 4) is 0 Å². The number of rotatable bonds is 5. The lowest BCUT2D eigenvalue weighted by Crippen LogP contribution is -2.64. The summed E-state index contributed by atoms with van der Waals surface area (Å²) < 4.78 is 5.01. The molecule has 0 radical (unpaired) electrons. The van der Waals surface area contributed by atoms with Crippen LogP contribution < -0.4 is 0 Å². The average molecular weight is 398 g/mol. The second-order valence-corrected chi connectivity index (χ2v) is 9.38. The van der Waals surface area contributed by atoms with Gasteiger partial charge in [-0.3, -0.25) is 9.78 Å². The van der Waals surface area contributed by atoms with Gasteiger partial charge in [0.25, 0.3) is 0 Å². The van der Waals surface area contributed by atoms with Gasteiger partial charge in [-0.05, 0) is 31.0 Å². The summed E-state index contributed by atoms with van der Waals surface area (Å²) in [6, 6.07) is 12.3. The lowest BCUT2D eigenvalue weighted by molar-refractivity contribution is -0.172. The van der Waals surface area contributed by atoms with Gasteiger partial charge in [0.1, 0.15) is 12.6 Å². The first-order valence-corrected chi connectivity index (χ1v) is 10.1. The molecule has 0 saturated carbocycles. The number of aliphatic hydroxyl groups is 1. The number of amides is 1. The molecule has 1 N–H and O–H groups in total. The van der Waals surface area contributed by atoms with Crippen molar-refractivity contribution in [1.82, 2.24) is 9.88 Å². The number of thioether (sulfide) groups is 1. The van der Waals surface area contributed by atoms with Crippen LogP contribution in [0.15, 0.2) is 54.9 Å². The molecule has 2 saturated heterocycles. The average Bonchev–Trinajstić information content (AvgIpc) is 2.95. The van der Waals surface area contributed by atoms with Crippen LogP contribution in [0.3, 0.4) is 0 Å². The highest BCUT2D eigenvalue weighted by Crippen LogP contribution is 2.56. The number of benzene rings is 1. The number of aromatic nitrogens is 1. The smallest absolute Gasteiger partial charge is 0.330 e. The van der Waals surface area contributed by atoms with E-state index in [9.17, 15) is 14.7 Å². The molecule has 0 spiro atoms. The van der Waals surface area contributed by atoms with E-state index in [0.29, 0.717) is 5.56 Å². The molecule has 2 aliphatic heterocycles. The topological polar surface area (TPSA) is 79.7 Å². The molecule has 28 heavy (non-hydrogen) atoms. The minimum absolute atomic E-state index is 0.172. The van der Waals surface area contributed by atoms with Gasteiger partial charge < -0.3 is 14.7 Å². The monoisotopic (exact) mass is 398 g/mol. The number of ether oxygens (including phenoxy) is 1. The third-order valence-electron chi connectivity index (χ3n) is 5.30. The summed E-state index contributed by atoms with van der Waals surface area (Å²) in [6.07, 6.45) is 2.25. The van der Waals surface area contributed by atoms with Crippen LogP contribution in [0, 0.1) is 5.92 Å². The van der Waals surface area contributed by atoms with Gasteiger partial charge in [0.15, 0.2) is 0 Å². The van der Waals surface area contributed by atoms with Crippen LogP contribution in [0.25, 0.3) is 0 Å². The van der Waals surface area contributed by atoms with Gasteiger partial charge >= 0.3 is 5.97 Å². The fourth-order valence-electron chi connectivity index (χ4n) is 3.88. The summed E-state index contributed by atoms with van der Waals surface area (Å²) in [5.74, 6) is -1.21. The molecule has 2 fully saturated rings. The number of hydrogen-bond acceptors (Lipinski definition) is 6. The lowest BCUT2D eigenvalue weighted by Gasteiger charge is -2.45. The maximum atomic E-state index is 12.9. The number of esters is 1. The van der Waals surface area contributed by atoms with Crippen molar-refractivity contribution in [3.05, 3.63) is 66.0 Å². The van der Waals surface area contributed by atoms with E-state index in [1.807, 2.05) is 44.2 Å². The van der Waals surface area contributed by atoms with Crippen LogP contribution in [0.4, 0.5) is 0 Å². The first kappa shape index (κ1) is 19.0. The highest BCUT2D eigenvalue weighted by molar-refractivity contribution is 8.01. The van der Waals surface area contributed by atoms with Gasteiger partial charge in [0.05, 0.1) is 17.4 Å². The Morgan fingerprint density at radius 3 is 2.71 bits per heavy atom. The van der Waals surface area contributed by atoms with E-state index in [1.54, 1.807) is 29.4 Å². The molecular formula is C21H22N2O4S. The molecule has 1 unspecified atom stereocenters. The van der Waals surface area contributed by atoms with Crippen molar-refractivity contribution in [2.75, 3.05) is 0 Å². The largest absolute Gasteiger partial charge is 0.459 e. The molecule has 2 aliphatic rings. The zero-order chi connectivity index (χ0) is 19.9. The Morgan fingerprint density at radius 2 is 2.04 bits per heavy atom. The van der Waals surface area contributed by atoms with E-state index in [-0.39, 0.29) is 17.9 Å². The van der Waals surface area contributed by atoms with Gasteiger partial charge in [0.2, 0.25) is 5.91 Å². The van der Waals surface area contributed by atoms with E-state index in [2.05, 4.69) is 4.98 Å². The standard InChI is InChI=1S/C21H22N2O4S/c1-21(2)17(20(26)27-12-13-7-4-3-5-8-13)23-18(25)15(19(23)28-21)16(24)14-9-6-10-22-11-14/h3-11,15-17,19,24H,12H2,1-2H3/t15-,16?,17-,19+/m0/s1. The summed E-state index contributed by atoms with van der Waals surface area (Å²) in [5.41, 5.74) is 1.50. The van der Waals surface area contributed by atoms with E-state index >= 15 is 0 Å². The SMILES string of the molecule is CC1(C)S[C@@H]2[C@@H](C(O)c3cccnc3)C(=O)N2[C@H]1C(=O)OCc1ccccc1. The third kappa shape index (κ3) is 3.18. The summed E-state index contributed by atoms with van der Waals surface area (Å²) in [4.78, 5) is 31.3. The highest BCUT2D eigenvalue weighted by atomic mass is 32.2. The van der Waals surface area contributed by atoms with Crippen molar-refractivity contribution < 1.29 is 19.4 Å². The highest BCUT2D eigenvalue weighted by Gasteiger charge is 2.65. The first-order valence-electron chi connectivity index (χ1n) is 9.19. The Hall–Kier alpha value is -2.38. The van der Waals surface area contributed by atoms with Crippen LogP contribution >= 0.6 is 11.8 Å². The zero-order valence-electron chi connectivity index (χ0n) is 15.7. The molecule has 0 aliphatic carbocycles. The van der Waals surface area contributed by atoms with Gasteiger partial charge in [-0.25, -0.2) is 4.79 Å². The molecule has 4 rings (SSSR count). The van der Waals surface area contributed by atoms with Crippen LogP contribution in [0.5, 0.6) is 0 Å². The molecule has 146 valence electrons. The minimum atomic E-state index is -0.940. The van der Waals surface area contributed by atoms with Gasteiger partial charge in [-0.1, -0.05) is 36.4 Å². The van der Waals surface area contributed by atoms with Crippen LogP contribution in [-0.2, 0) is 20.9 Å². The minimum Gasteiger partial charge on any atom is -0.459 e. The van der Waals surface area contributed by atoms with E-state index in [1.165, 1.54) is 11.8 Å². The quantitative estimate of drug-likeness (QED) is 0.616. The second kappa shape index (κ2) is 7.22. The predicted molar refractivity (Wildman–Crippen MR) is 105 cm³/mol. The van der Waals surface area contributed by atoms with E-state index < -0.39 is 28.8 Å². The molecule has 4 atom stereocenters. The fraction of sp³-hybridized carbons (Fsp3) is 0.381. The lowest BCUT2D eigenvalue weighted by atomic mass is 9.85. The normalized spacial score (nSPS) is 26.3. The summed E-state index contributed by atoms with van der Waals surface area (Å²) in [6.45, 7) is 4.04. The maximum absolute atomic E-state index is 12.9. The predicted octanol–water partition coefficient (Wildman–Crippen LogP) is 2.54. The molecule has 1 amide bonds. The Balaban J connectivity index is 1.48. The summed E-state index contributed by atoms with van der Waals surface area (Å²) in [5, 5.41) is 10.4. The zero-order valence-corrected chi connectivity index (χ0v) is 16.5. The van der Waals surface area contributed by atoms with Crippen molar-refractivity contribution in [1.29, 1.82) is 0 Å². The maximum Gasteiger partial charge on any atom is 0.330 e. The van der Waals surface area contributed by atoms with Crippen LogP contribution in [0.1, 0.15) is 31.1 Å². The summed E-state index contributed by atoms with van der Waals surface area (Å²) in [7, 11) is 0. The van der Waals surface area contributed by atoms with Gasteiger partial charge in [0, 0.05) is 17.1 Å². The van der Waals surface area contributed by atoms with Gasteiger partial charge in [-0.15, -0.1) is 11.8 Å². The van der Waals surface area contributed by atoms with E-state index in [4.69, 9.17) is 4.74 Å². The molecule has 0 bridgehead atoms. The fourth-order valence-corrected chi connectivity index (χ4v) is 5.59. The summed E-state index contributed by atoms with van der Waals surface area (Å²) >= 11 is 1.53. The number of pyridine rings is 1. The third-order valence-corrected chi connectivity index (χ3v) is 6.89. The number of fused-ring (bicyclic) bond motifs is 1. The van der Waals surface area contributed by atoms with Gasteiger partial charge in [-0.2, -0.15) is 0 Å². The molecule has 1 aromatic carbocycles. The second-order valence-electron chi connectivity index (χ2n) is 7.61. The molecule has 3 heterocycles. The number of β-lactam (4-membered cyclic amide) rings is 1. The number of carbonyl (C=O) groups is 2.